The van der Waals surface area contributed by atoms with Crippen molar-refractivity contribution in [2.24, 2.45) is 5.73 Å². The maximum Gasteiger partial charge on any atom is 1.00 e. The summed E-state index contributed by atoms with van der Waals surface area (Å²) in [5.41, 5.74) is 5.18. The molecule has 0 aromatic heterocycles. The molecule has 0 rings (SSSR count). The Morgan fingerprint density at radius 2 is 1.43 bits per heavy atom. The predicted octanol–water partition coefficient (Wildman–Crippen LogP) is -7.55. The van der Waals surface area contributed by atoms with Crippen LogP contribution in [0.15, 0.2) is 0 Å². The molecule has 0 heterocycles. The Balaban J connectivity index is -0.000000270. The fourth-order valence-electron chi connectivity index (χ4n) is 1.54. The van der Waals surface area contributed by atoms with Crippen molar-refractivity contribution in [3.8, 4) is 0 Å². The smallest absolute Gasteiger partial charge is 0.777 e. The number of unbranched alkanes of at least 4 members (excludes halogenated alkanes) is 2. The maximum absolute atomic E-state index is 11.1. The first-order valence-electron chi connectivity index (χ1n) is 6.01. The summed E-state index contributed by atoms with van der Waals surface area (Å²) in [6.45, 7) is 2.71. The Morgan fingerprint density at radius 3 is 1.74 bits per heavy atom. The zero-order valence-electron chi connectivity index (χ0n) is 15.2. The van der Waals surface area contributed by atoms with Crippen molar-refractivity contribution in [1.82, 2.24) is 4.90 Å². The Morgan fingerprint density at radius 1 is 1.04 bits per heavy atom. The SMILES string of the molecule is CCCCCN(C)CCC(N)(P(=O)([O-])O)P(=O)([O-])O.[Na+].[Na+].[Na].[Na]. The van der Waals surface area contributed by atoms with E-state index in [0.717, 1.165) is 19.3 Å². The molecule has 4 N–H and O–H groups in total. The third kappa shape index (κ3) is 13.9. The minimum absolute atomic E-state index is 0. The molecule has 0 aliphatic rings. The van der Waals surface area contributed by atoms with Gasteiger partial charge in [-0.2, -0.15) is 0 Å². The largest absolute Gasteiger partial charge is 1.00 e. The second kappa shape index (κ2) is 17.1. The molecule has 2 atom stereocenters. The summed E-state index contributed by atoms with van der Waals surface area (Å²) < 4.78 is 22.2. The van der Waals surface area contributed by atoms with Gasteiger partial charge in [0, 0.05) is 65.7 Å². The Labute approximate surface area is 227 Å². The standard InChI is InChI=1S/C9H24N2O6P2.4Na/c1-3-4-5-7-11(2)8-6-9(10,18(12,13)14)19(15,16)17;;;;/h3-8,10H2,1-2H3,(H2,12,13,14)(H2,15,16,17);;;;/q;;;2*+1/p-2. The molecule has 2 radical (unpaired) electrons. The summed E-state index contributed by atoms with van der Waals surface area (Å²) in [5, 5.41) is -3.03. The minimum Gasteiger partial charge on any atom is -0.777 e. The van der Waals surface area contributed by atoms with Gasteiger partial charge in [0.15, 0.2) is 15.2 Å². The average molecular weight is 408 g/mol. The average Bonchev–Trinajstić information content (AvgIpc) is 2.23. The van der Waals surface area contributed by atoms with Crippen molar-refractivity contribution >= 4 is 74.3 Å². The van der Waals surface area contributed by atoms with Gasteiger partial charge in [-0.3, -0.25) is 0 Å². The van der Waals surface area contributed by atoms with Crippen LogP contribution >= 0.6 is 15.2 Å². The van der Waals surface area contributed by atoms with E-state index in [-0.39, 0.29) is 125 Å². The maximum atomic E-state index is 11.1. The number of hydrogen-bond acceptors (Lipinski definition) is 6. The number of rotatable bonds is 9. The van der Waals surface area contributed by atoms with Crippen LogP contribution in [0.1, 0.15) is 32.6 Å². The zero-order valence-corrected chi connectivity index (χ0v) is 25.0. The van der Waals surface area contributed by atoms with Gasteiger partial charge in [-0.05, 0) is 26.4 Å². The number of nitrogens with two attached hydrogens (primary N) is 1. The van der Waals surface area contributed by atoms with Crippen molar-refractivity contribution in [3.05, 3.63) is 0 Å². The van der Waals surface area contributed by atoms with Crippen LogP contribution in [0.25, 0.3) is 0 Å². The molecule has 23 heavy (non-hydrogen) atoms. The van der Waals surface area contributed by atoms with Crippen molar-refractivity contribution in [1.29, 1.82) is 0 Å². The van der Waals surface area contributed by atoms with Gasteiger partial charge in [-0.1, -0.05) is 19.8 Å². The predicted molar refractivity (Wildman–Crippen MR) is 79.7 cm³/mol. The molecule has 0 amide bonds. The van der Waals surface area contributed by atoms with Crippen LogP contribution in [0.2, 0.25) is 0 Å². The first-order valence-corrected chi connectivity index (χ1v) is 9.16. The fraction of sp³-hybridized carbons (Fsp3) is 1.00. The van der Waals surface area contributed by atoms with Gasteiger partial charge in [0.1, 0.15) is 5.02 Å². The fourth-order valence-corrected chi connectivity index (χ4v) is 3.58. The van der Waals surface area contributed by atoms with Gasteiger partial charge < -0.3 is 39.3 Å². The molecule has 0 aliphatic heterocycles. The summed E-state index contributed by atoms with van der Waals surface area (Å²) in [6.07, 6.45) is 2.31. The van der Waals surface area contributed by atoms with Gasteiger partial charge in [0.2, 0.25) is 0 Å². The Hall–Kier alpha value is 4.22. The topological polar surface area (TPSA) is 150 Å². The molecule has 0 spiro atoms. The van der Waals surface area contributed by atoms with Gasteiger partial charge >= 0.3 is 59.1 Å². The molecule has 0 aliphatic carbocycles. The molecule has 0 fully saturated rings. The molecule has 0 saturated heterocycles. The van der Waals surface area contributed by atoms with Gasteiger partial charge in [-0.15, -0.1) is 0 Å². The van der Waals surface area contributed by atoms with Crippen molar-refractivity contribution in [2.45, 2.75) is 37.6 Å². The third-order valence-corrected chi connectivity index (χ3v) is 6.90. The van der Waals surface area contributed by atoms with Gasteiger partial charge in [-0.25, -0.2) is 0 Å². The van der Waals surface area contributed by atoms with E-state index < -0.39 is 26.6 Å². The summed E-state index contributed by atoms with van der Waals surface area (Å²) in [7, 11) is -9.17. The van der Waals surface area contributed by atoms with E-state index in [1.807, 2.05) is 6.92 Å². The van der Waals surface area contributed by atoms with E-state index in [2.05, 4.69) is 0 Å². The molecule has 0 aromatic rings. The van der Waals surface area contributed by atoms with E-state index in [1.165, 1.54) is 0 Å². The monoisotopic (exact) mass is 408 g/mol. The summed E-state index contributed by atoms with van der Waals surface area (Å²) >= 11 is 0. The van der Waals surface area contributed by atoms with Gasteiger partial charge in [0.05, 0.1) is 0 Å². The van der Waals surface area contributed by atoms with E-state index >= 15 is 0 Å². The summed E-state index contributed by atoms with van der Waals surface area (Å²) in [5.74, 6) is 0. The van der Waals surface area contributed by atoms with Crippen molar-refractivity contribution in [3.63, 3.8) is 0 Å². The van der Waals surface area contributed by atoms with Crippen LogP contribution in [0.5, 0.6) is 0 Å². The molecule has 0 aromatic carbocycles. The molecular weight excluding hydrogens is 386 g/mol. The Kier molecular flexibility index (Phi) is 28.2. The Bertz CT molecular complexity index is 359. The van der Waals surface area contributed by atoms with E-state index in [0.29, 0.717) is 6.54 Å². The third-order valence-electron chi connectivity index (χ3n) is 2.98. The first-order chi connectivity index (χ1) is 8.45. The first kappa shape index (κ1) is 37.9. The van der Waals surface area contributed by atoms with E-state index in [4.69, 9.17) is 15.5 Å². The zero-order chi connectivity index (χ0) is 15.3. The molecule has 0 saturated carbocycles. The minimum atomic E-state index is -5.42. The molecule has 118 valence electrons. The van der Waals surface area contributed by atoms with Crippen molar-refractivity contribution in [2.75, 3.05) is 20.1 Å². The van der Waals surface area contributed by atoms with E-state index in [9.17, 15) is 18.9 Å². The van der Waals surface area contributed by atoms with Crippen molar-refractivity contribution < 1.29 is 87.8 Å². The van der Waals surface area contributed by atoms with Crippen LogP contribution < -0.4 is 74.6 Å². The molecular formula is C9H22N2Na4O6P2. The molecule has 0 bridgehead atoms. The second-order valence-electron chi connectivity index (χ2n) is 4.68. The van der Waals surface area contributed by atoms with Crippen LogP contribution in [0.3, 0.4) is 0 Å². The van der Waals surface area contributed by atoms with E-state index in [1.54, 1.807) is 11.9 Å². The summed E-state index contributed by atoms with van der Waals surface area (Å²) in [4.78, 5) is 41.7. The number of hydrogen-bond donors (Lipinski definition) is 3. The molecule has 14 heteroatoms. The normalized spacial score (nSPS) is 17.9. The van der Waals surface area contributed by atoms with Crippen LogP contribution in [-0.2, 0) is 9.13 Å². The van der Waals surface area contributed by atoms with Crippen LogP contribution in [0.4, 0.5) is 0 Å². The van der Waals surface area contributed by atoms with Crippen LogP contribution in [-0.4, -0.2) is 99.0 Å². The summed E-state index contributed by atoms with van der Waals surface area (Å²) in [6, 6.07) is 0. The second-order valence-corrected chi connectivity index (χ2v) is 8.71. The quantitative estimate of drug-likeness (QED) is 0.194. The van der Waals surface area contributed by atoms with Gasteiger partial charge in [0.25, 0.3) is 0 Å². The number of nitrogens with zero attached hydrogens (tertiary/aromatic N) is 1. The molecule has 2 unspecified atom stereocenters. The van der Waals surface area contributed by atoms with Crippen LogP contribution in [0, 0.1) is 0 Å². The molecule has 8 nitrogen and oxygen atoms in total.